The van der Waals surface area contributed by atoms with Crippen molar-refractivity contribution in [2.75, 3.05) is 11.8 Å². The van der Waals surface area contributed by atoms with Gasteiger partial charge in [0.15, 0.2) is 0 Å². The van der Waals surface area contributed by atoms with E-state index in [1.165, 1.54) is 44.9 Å². The number of halogens is 2. The quantitative estimate of drug-likeness (QED) is 0.343. The van der Waals surface area contributed by atoms with Gasteiger partial charge in [0.25, 0.3) is 0 Å². The van der Waals surface area contributed by atoms with Gasteiger partial charge in [-0.1, -0.05) is 59.3 Å². The van der Waals surface area contributed by atoms with E-state index in [0.29, 0.717) is 11.8 Å². The third kappa shape index (κ3) is 7.01. The smallest absolute Gasteiger partial charge is 0.0277 e. The Bertz CT molecular complexity index is 155. The Labute approximate surface area is 112 Å². The van der Waals surface area contributed by atoms with Crippen LogP contribution in [0.1, 0.15) is 65.7 Å². The fraction of sp³-hybridized carbons (Fsp3) is 1.00. The van der Waals surface area contributed by atoms with Crippen LogP contribution in [-0.4, -0.2) is 11.8 Å². The maximum Gasteiger partial charge on any atom is 0.0277 e. The molecule has 0 rings (SSSR count). The minimum Gasteiger partial charge on any atom is -0.126 e. The van der Waals surface area contributed by atoms with Crippen LogP contribution in [0.2, 0.25) is 0 Å². The lowest BCUT2D eigenvalue weighted by Crippen LogP contribution is -2.27. The first-order valence-corrected chi connectivity index (χ1v) is 7.77. The van der Waals surface area contributed by atoms with Gasteiger partial charge in [0, 0.05) is 11.8 Å². The largest absolute Gasteiger partial charge is 0.126 e. The van der Waals surface area contributed by atoms with Crippen molar-refractivity contribution in [3.8, 4) is 0 Å². The highest BCUT2D eigenvalue weighted by Crippen LogP contribution is 2.33. The molecule has 0 spiro atoms. The highest BCUT2D eigenvalue weighted by atomic mass is 35.5. The molecule has 1 unspecified atom stereocenters. The minimum absolute atomic E-state index is 0.187. The first-order valence-electron chi connectivity index (χ1n) is 6.70. The van der Waals surface area contributed by atoms with Crippen molar-refractivity contribution < 1.29 is 0 Å². The Kier molecular flexibility index (Phi) is 9.94. The molecule has 0 saturated heterocycles. The van der Waals surface area contributed by atoms with Gasteiger partial charge in [0.05, 0.1) is 0 Å². The molecule has 0 aromatic rings. The predicted molar refractivity (Wildman–Crippen MR) is 76.7 cm³/mol. The molecule has 0 nitrogen and oxygen atoms in total. The van der Waals surface area contributed by atoms with Crippen LogP contribution in [0.3, 0.4) is 0 Å². The van der Waals surface area contributed by atoms with E-state index in [-0.39, 0.29) is 5.41 Å². The van der Waals surface area contributed by atoms with Crippen LogP contribution >= 0.6 is 23.2 Å². The van der Waals surface area contributed by atoms with E-state index in [1.807, 2.05) is 0 Å². The minimum atomic E-state index is 0.187. The van der Waals surface area contributed by atoms with Crippen LogP contribution in [0.25, 0.3) is 0 Å². The number of hydrogen-bond acceptors (Lipinski definition) is 0. The SMILES string of the molecule is CCCCCCCCC(CCl)C(C)(C)CCl. The summed E-state index contributed by atoms with van der Waals surface area (Å²) in [7, 11) is 0. The van der Waals surface area contributed by atoms with E-state index in [2.05, 4.69) is 20.8 Å². The first kappa shape index (κ1) is 16.6. The zero-order valence-corrected chi connectivity index (χ0v) is 12.7. The van der Waals surface area contributed by atoms with Gasteiger partial charge >= 0.3 is 0 Å². The van der Waals surface area contributed by atoms with Crippen LogP contribution in [-0.2, 0) is 0 Å². The zero-order valence-electron chi connectivity index (χ0n) is 11.2. The zero-order chi connectivity index (χ0) is 12.4. The molecule has 16 heavy (non-hydrogen) atoms. The van der Waals surface area contributed by atoms with Gasteiger partial charge in [-0.2, -0.15) is 0 Å². The summed E-state index contributed by atoms with van der Waals surface area (Å²) in [6, 6.07) is 0. The van der Waals surface area contributed by atoms with Crippen molar-refractivity contribution in [1.82, 2.24) is 0 Å². The summed E-state index contributed by atoms with van der Waals surface area (Å²) in [5.74, 6) is 2.02. The third-order valence-electron chi connectivity index (χ3n) is 3.54. The highest BCUT2D eigenvalue weighted by molar-refractivity contribution is 6.19. The second-order valence-corrected chi connectivity index (χ2v) is 6.11. The molecule has 0 aliphatic carbocycles. The van der Waals surface area contributed by atoms with Crippen molar-refractivity contribution in [3.05, 3.63) is 0 Å². The van der Waals surface area contributed by atoms with Crippen molar-refractivity contribution in [2.24, 2.45) is 11.3 Å². The lowest BCUT2D eigenvalue weighted by molar-refractivity contribution is 0.249. The van der Waals surface area contributed by atoms with Crippen LogP contribution in [0.4, 0.5) is 0 Å². The molecule has 0 radical (unpaired) electrons. The summed E-state index contributed by atoms with van der Waals surface area (Å²) in [5.41, 5.74) is 0.187. The number of unbranched alkanes of at least 4 members (excludes halogenated alkanes) is 5. The lowest BCUT2D eigenvalue weighted by atomic mass is 9.79. The lowest BCUT2D eigenvalue weighted by Gasteiger charge is -2.31. The molecule has 2 heteroatoms. The molecule has 0 saturated carbocycles. The molecule has 0 amide bonds. The van der Waals surface area contributed by atoms with E-state index in [9.17, 15) is 0 Å². The fourth-order valence-corrected chi connectivity index (χ4v) is 2.75. The van der Waals surface area contributed by atoms with Gasteiger partial charge in [-0.25, -0.2) is 0 Å². The van der Waals surface area contributed by atoms with Crippen molar-refractivity contribution >= 4 is 23.2 Å². The molecule has 1 atom stereocenters. The Hall–Kier alpha value is 0.580. The monoisotopic (exact) mass is 266 g/mol. The second-order valence-electron chi connectivity index (χ2n) is 5.53. The van der Waals surface area contributed by atoms with Crippen molar-refractivity contribution in [3.63, 3.8) is 0 Å². The Balaban J connectivity index is 3.64. The topological polar surface area (TPSA) is 0 Å². The second kappa shape index (κ2) is 9.59. The Morgan fingerprint density at radius 1 is 0.938 bits per heavy atom. The summed E-state index contributed by atoms with van der Waals surface area (Å²) < 4.78 is 0. The summed E-state index contributed by atoms with van der Waals surface area (Å²) in [5, 5.41) is 0. The molecule has 0 fully saturated rings. The van der Waals surface area contributed by atoms with Gasteiger partial charge in [0.2, 0.25) is 0 Å². The maximum atomic E-state index is 6.03. The van der Waals surface area contributed by atoms with Gasteiger partial charge < -0.3 is 0 Å². The predicted octanol–water partition coefficient (Wildman–Crippen LogP) is 5.86. The van der Waals surface area contributed by atoms with Gasteiger partial charge in [-0.05, 0) is 17.8 Å². The van der Waals surface area contributed by atoms with Crippen LogP contribution in [0.15, 0.2) is 0 Å². The number of rotatable bonds is 10. The Morgan fingerprint density at radius 3 is 2.00 bits per heavy atom. The number of hydrogen-bond donors (Lipinski definition) is 0. The van der Waals surface area contributed by atoms with Crippen LogP contribution in [0.5, 0.6) is 0 Å². The first-order chi connectivity index (χ1) is 7.58. The standard InChI is InChI=1S/C14H28Cl2/c1-4-5-6-7-8-9-10-13(11-15)14(2,3)12-16/h13H,4-12H2,1-3H3. The third-order valence-corrected chi connectivity index (χ3v) is 4.60. The van der Waals surface area contributed by atoms with Crippen molar-refractivity contribution in [1.29, 1.82) is 0 Å². The summed E-state index contributed by atoms with van der Waals surface area (Å²) in [6.07, 6.45) is 9.36. The molecule has 0 aromatic heterocycles. The Morgan fingerprint density at radius 2 is 1.50 bits per heavy atom. The normalized spacial score (nSPS) is 14.1. The molecule has 0 aliphatic rings. The van der Waals surface area contributed by atoms with E-state index in [4.69, 9.17) is 23.2 Å². The average molecular weight is 267 g/mol. The molecule has 98 valence electrons. The van der Waals surface area contributed by atoms with Gasteiger partial charge in [-0.15, -0.1) is 23.2 Å². The van der Waals surface area contributed by atoms with E-state index >= 15 is 0 Å². The van der Waals surface area contributed by atoms with Crippen LogP contribution < -0.4 is 0 Å². The van der Waals surface area contributed by atoms with Crippen LogP contribution in [0, 0.1) is 11.3 Å². The number of alkyl halides is 2. The molecule has 0 heterocycles. The van der Waals surface area contributed by atoms with E-state index < -0.39 is 0 Å². The van der Waals surface area contributed by atoms with E-state index in [0.717, 1.165) is 5.88 Å². The average Bonchev–Trinajstić information content (AvgIpc) is 2.28. The molecule has 0 aromatic carbocycles. The van der Waals surface area contributed by atoms with Gasteiger partial charge in [-0.3, -0.25) is 0 Å². The highest BCUT2D eigenvalue weighted by Gasteiger charge is 2.27. The molecule has 0 bridgehead atoms. The molecular formula is C14H28Cl2. The summed E-state index contributed by atoms with van der Waals surface area (Å²) in [4.78, 5) is 0. The van der Waals surface area contributed by atoms with Gasteiger partial charge in [0.1, 0.15) is 0 Å². The summed E-state index contributed by atoms with van der Waals surface area (Å²) >= 11 is 12.0. The molecular weight excluding hydrogens is 239 g/mol. The molecule has 0 N–H and O–H groups in total. The fourth-order valence-electron chi connectivity index (χ4n) is 1.96. The summed E-state index contributed by atoms with van der Waals surface area (Å²) in [6.45, 7) is 6.71. The molecule has 0 aliphatic heterocycles. The van der Waals surface area contributed by atoms with E-state index in [1.54, 1.807) is 0 Å². The van der Waals surface area contributed by atoms with Crippen molar-refractivity contribution in [2.45, 2.75) is 65.7 Å². The maximum absolute atomic E-state index is 6.03.